The summed E-state index contributed by atoms with van der Waals surface area (Å²) < 4.78 is 5.50. The Bertz CT molecular complexity index is 247. The Kier molecular flexibility index (Phi) is 3.18. The zero-order chi connectivity index (χ0) is 9.19. The van der Waals surface area contributed by atoms with Crippen molar-refractivity contribution in [3.63, 3.8) is 0 Å². The summed E-state index contributed by atoms with van der Waals surface area (Å²) in [5.41, 5.74) is 0. The van der Waals surface area contributed by atoms with Crippen LogP contribution in [-0.4, -0.2) is 4.75 Å². The van der Waals surface area contributed by atoms with Gasteiger partial charge in [0.15, 0.2) is 0 Å². The van der Waals surface area contributed by atoms with E-state index in [0.717, 1.165) is 5.76 Å². The Morgan fingerprint density at radius 1 is 1.33 bits per heavy atom. The standard InChI is InChI=1S/C9H14OS2/c1-7-8(5-6-10-7)11-12-9(2,3)4/h5-6H,1-4H3. The minimum absolute atomic E-state index is 0.300. The molecule has 3 heteroatoms. The number of hydrogen-bond acceptors (Lipinski definition) is 3. The Labute approximate surface area is 81.7 Å². The molecule has 0 aliphatic carbocycles. The molecule has 0 amide bonds. The van der Waals surface area contributed by atoms with Crippen molar-refractivity contribution < 1.29 is 4.42 Å². The van der Waals surface area contributed by atoms with Gasteiger partial charge in [-0.05, 0) is 13.0 Å². The first-order valence-electron chi connectivity index (χ1n) is 3.89. The molecule has 0 spiro atoms. The summed E-state index contributed by atoms with van der Waals surface area (Å²) in [7, 11) is 3.65. The smallest absolute Gasteiger partial charge is 0.115 e. The average Bonchev–Trinajstić information content (AvgIpc) is 2.29. The van der Waals surface area contributed by atoms with Crippen molar-refractivity contribution in [3.05, 3.63) is 18.1 Å². The van der Waals surface area contributed by atoms with Crippen molar-refractivity contribution >= 4 is 21.6 Å². The lowest BCUT2D eigenvalue weighted by molar-refractivity contribution is 0.527. The van der Waals surface area contributed by atoms with Gasteiger partial charge in [-0.2, -0.15) is 0 Å². The molecular formula is C9H14OS2. The van der Waals surface area contributed by atoms with Gasteiger partial charge in [0.1, 0.15) is 5.76 Å². The zero-order valence-electron chi connectivity index (χ0n) is 7.88. The van der Waals surface area contributed by atoms with Gasteiger partial charge in [-0.15, -0.1) is 0 Å². The average molecular weight is 202 g/mol. The van der Waals surface area contributed by atoms with Gasteiger partial charge in [-0.3, -0.25) is 0 Å². The summed E-state index contributed by atoms with van der Waals surface area (Å²) in [6, 6.07) is 2.01. The molecule has 0 aromatic carbocycles. The summed E-state index contributed by atoms with van der Waals surface area (Å²) in [5.74, 6) is 1.01. The van der Waals surface area contributed by atoms with Crippen molar-refractivity contribution in [2.75, 3.05) is 0 Å². The van der Waals surface area contributed by atoms with Gasteiger partial charge >= 0.3 is 0 Å². The largest absolute Gasteiger partial charge is 0.468 e. The molecule has 0 N–H and O–H groups in total. The van der Waals surface area contributed by atoms with E-state index in [9.17, 15) is 0 Å². The third-order valence-corrected chi connectivity index (χ3v) is 4.67. The number of furan rings is 1. The lowest BCUT2D eigenvalue weighted by atomic mass is 10.3. The summed E-state index contributed by atoms with van der Waals surface area (Å²) in [5, 5.41) is 0. The Hall–Kier alpha value is -0.0200. The molecule has 0 aliphatic rings. The second-order valence-corrected chi connectivity index (χ2v) is 6.62. The van der Waals surface area contributed by atoms with Crippen LogP contribution in [0.2, 0.25) is 0 Å². The molecule has 1 rings (SSSR count). The highest BCUT2D eigenvalue weighted by Gasteiger charge is 2.13. The van der Waals surface area contributed by atoms with E-state index >= 15 is 0 Å². The Morgan fingerprint density at radius 2 is 2.00 bits per heavy atom. The van der Waals surface area contributed by atoms with Gasteiger partial charge in [-0.25, -0.2) is 0 Å². The predicted molar refractivity (Wildman–Crippen MR) is 56.6 cm³/mol. The topological polar surface area (TPSA) is 13.1 Å². The monoisotopic (exact) mass is 202 g/mol. The molecule has 0 aliphatic heterocycles. The van der Waals surface area contributed by atoms with E-state index < -0.39 is 0 Å². The molecule has 0 radical (unpaired) electrons. The van der Waals surface area contributed by atoms with Gasteiger partial charge in [0.25, 0.3) is 0 Å². The van der Waals surface area contributed by atoms with Crippen molar-refractivity contribution in [3.8, 4) is 0 Å². The van der Waals surface area contributed by atoms with Crippen molar-refractivity contribution in [2.45, 2.75) is 37.3 Å². The van der Waals surface area contributed by atoms with E-state index in [-0.39, 0.29) is 0 Å². The maximum Gasteiger partial charge on any atom is 0.115 e. The third-order valence-electron chi connectivity index (χ3n) is 1.19. The van der Waals surface area contributed by atoms with E-state index in [0.29, 0.717) is 4.75 Å². The summed E-state index contributed by atoms with van der Waals surface area (Å²) >= 11 is 0. The highest BCUT2D eigenvalue weighted by Crippen LogP contribution is 2.41. The summed E-state index contributed by atoms with van der Waals surface area (Å²) in [6.45, 7) is 8.62. The Balaban J connectivity index is 2.49. The second-order valence-electron chi connectivity index (χ2n) is 3.62. The van der Waals surface area contributed by atoms with E-state index in [1.807, 2.05) is 23.8 Å². The lowest BCUT2D eigenvalue weighted by Crippen LogP contribution is -2.04. The molecular weight excluding hydrogens is 188 g/mol. The van der Waals surface area contributed by atoms with Crippen LogP contribution >= 0.6 is 21.6 Å². The van der Waals surface area contributed by atoms with Gasteiger partial charge in [0, 0.05) is 4.75 Å². The molecule has 0 unspecified atom stereocenters. The molecule has 12 heavy (non-hydrogen) atoms. The van der Waals surface area contributed by atoms with Crippen molar-refractivity contribution in [1.82, 2.24) is 0 Å². The SMILES string of the molecule is Cc1occc1SSC(C)(C)C. The van der Waals surface area contributed by atoms with Crippen LogP contribution in [0.15, 0.2) is 21.6 Å². The molecule has 0 atom stereocenters. The number of rotatable bonds is 2. The van der Waals surface area contributed by atoms with Crippen LogP contribution in [0.3, 0.4) is 0 Å². The Morgan fingerprint density at radius 3 is 2.42 bits per heavy atom. The van der Waals surface area contributed by atoms with E-state index in [1.54, 1.807) is 17.1 Å². The first-order valence-corrected chi connectivity index (χ1v) is 6.04. The second kappa shape index (κ2) is 3.79. The van der Waals surface area contributed by atoms with Crippen LogP contribution in [0.1, 0.15) is 26.5 Å². The van der Waals surface area contributed by atoms with Crippen LogP contribution in [0.4, 0.5) is 0 Å². The molecule has 1 nitrogen and oxygen atoms in total. The molecule has 1 heterocycles. The molecule has 1 aromatic heterocycles. The predicted octanol–water partition coefficient (Wildman–Crippen LogP) is 4.13. The van der Waals surface area contributed by atoms with Gasteiger partial charge in [0.2, 0.25) is 0 Å². The van der Waals surface area contributed by atoms with Crippen LogP contribution in [-0.2, 0) is 0 Å². The van der Waals surface area contributed by atoms with Crippen molar-refractivity contribution in [1.29, 1.82) is 0 Å². The maximum atomic E-state index is 5.20. The number of aryl methyl sites for hydroxylation is 1. The van der Waals surface area contributed by atoms with Gasteiger partial charge in [-0.1, -0.05) is 42.4 Å². The highest BCUT2D eigenvalue weighted by atomic mass is 33.1. The first-order chi connectivity index (χ1) is 5.49. The van der Waals surface area contributed by atoms with Gasteiger partial charge < -0.3 is 4.42 Å². The fourth-order valence-electron chi connectivity index (χ4n) is 0.630. The lowest BCUT2D eigenvalue weighted by Gasteiger charge is -2.15. The third kappa shape index (κ3) is 3.15. The first kappa shape index (κ1) is 10.1. The quantitative estimate of drug-likeness (QED) is 0.669. The van der Waals surface area contributed by atoms with E-state index in [4.69, 9.17) is 4.42 Å². The van der Waals surface area contributed by atoms with Crippen LogP contribution in [0.25, 0.3) is 0 Å². The number of hydrogen-bond donors (Lipinski definition) is 0. The molecule has 1 aromatic rings. The molecule has 0 saturated carbocycles. The fraction of sp³-hybridized carbons (Fsp3) is 0.556. The van der Waals surface area contributed by atoms with Crippen LogP contribution < -0.4 is 0 Å². The van der Waals surface area contributed by atoms with E-state index in [1.165, 1.54) is 4.90 Å². The van der Waals surface area contributed by atoms with E-state index in [2.05, 4.69) is 20.8 Å². The van der Waals surface area contributed by atoms with Gasteiger partial charge in [0.05, 0.1) is 11.2 Å². The van der Waals surface area contributed by atoms with Crippen molar-refractivity contribution in [2.24, 2.45) is 0 Å². The fourth-order valence-corrected chi connectivity index (χ4v) is 2.78. The molecule has 0 bridgehead atoms. The minimum atomic E-state index is 0.300. The highest BCUT2D eigenvalue weighted by molar-refractivity contribution is 8.77. The normalized spacial score (nSPS) is 12.0. The summed E-state index contributed by atoms with van der Waals surface area (Å²) in [6.07, 6.45) is 1.74. The van der Waals surface area contributed by atoms with Crippen LogP contribution in [0, 0.1) is 6.92 Å². The molecule has 0 fully saturated rings. The van der Waals surface area contributed by atoms with Crippen LogP contribution in [0.5, 0.6) is 0 Å². The maximum absolute atomic E-state index is 5.20. The molecule has 0 saturated heterocycles. The molecule has 68 valence electrons. The zero-order valence-corrected chi connectivity index (χ0v) is 9.51. The summed E-state index contributed by atoms with van der Waals surface area (Å²) in [4.78, 5) is 1.23. The minimum Gasteiger partial charge on any atom is -0.468 e.